The number of carboxylic acids is 1. The number of hydrogen-bond donors (Lipinski definition) is 2. The summed E-state index contributed by atoms with van der Waals surface area (Å²) in [7, 11) is 0. The van der Waals surface area contributed by atoms with Gasteiger partial charge in [0.25, 0.3) is 0 Å². The van der Waals surface area contributed by atoms with Crippen LogP contribution in [0.3, 0.4) is 0 Å². The minimum Gasteiger partial charge on any atom is -0.478 e. The molecular formula is C17H14N2O3. The average molecular weight is 294 g/mol. The van der Waals surface area contributed by atoms with Gasteiger partial charge in [-0.1, -0.05) is 0 Å². The van der Waals surface area contributed by atoms with E-state index in [1.165, 1.54) is 19.1 Å². The Morgan fingerprint density at radius 1 is 1.09 bits per heavy atom. The summed E-state index contributed by atoms with van der Waals surface area (Å²) in [4.78, 5) is 22.8. The number of anilines is 1. The predicted octanol–water partition coefficient (Wildman–Crippen LogP) is 3.11. The number of nitrogen functional groups attached to an aromatic ring is 1. The molecule has 5 heteroatoms. The Morgan fingerprint density at radius 3 is 2.36 bits per heavy atom. The highest BCUT2D eigenvalue weighted by Crippen LogP contribution is 2.27. The van der Waals surface area contributed by atoms with Gasteiger partial charge in [-0.05, 0) is 49.4 Å². The van der Waals surface area contributed by atoms with Gasteiger partial charge in [0.2, 0.25) is 0 Å². The van der Waals surface area contributed by atoms with Crippen LogP contribution in [0.1, 0.15) is 27.6 Å². The zero-order chi connectivity index (χ0) is 15.9. The first kappa shape index (κ1) is 13.9. The average Bonchev–Trinajstić information content (AvgIpc) is 2.86. The molecule has 0 fully saturated rings. The van der Waals surface area contributed by atoms with Gasteiger partial charge in [0.15, 0.2) is 5.78 Å². The first-order chi connectivity index (χ1) is 10.5. The smallest absolute Gasteiger partial charge is 0.335 e. The van der Waals surface area contributed by atoms with Gasteiger partial charge in [0.05, 0.1) is 11.1 Å². The molecular weight excluding hydrogens is 280 g/mol. The fraction of sp³-hybridized carbons (Fsp3) is 0.0588. The molecule has 0 amide bonds. The van der Waals surface area contributed by atoms with Crippen LogP contribution in [0.2, 0.25) is 0 Å². The summed E-state index contributed by atoms with van der Waals surface area (Å²) in [6.45, 7) is 1.51. The van der Waals surface area contributed by atoms with E-state index in [-0.39, 0.29) is 11.3 Å². The van der Waals surface area contributed by atoms with Crippen molar-refractivity contribution in [3.8, 4) is 5.69 Å². The number of carboxylic acid groups (broad SMARTS) is 1. The third kappa shape index (κ3) is 2.22. The molecule has 0 saturated carbocycles. The number of carbonyl (C=O) groups excluding carboxylic acids is 1. The Labute approximate surface area is 126 Å². The Morgan fingerprint density at radius 2 is 1.77 bits per heavy atom. The Hall–Kier alpha value is -3.08. The largest absolute Gasteiger partial charge is 0.478 e. The van der Waals surface area contributed by atoms with E-state index in [9.17, 15) is 9.59 Å². The first-order valence-electron chi connectivity index (χ1n) is 6.72. The molecule has 1 heterocycles. The highest BCUT2D eigenvalue weighted by molar-refractivity contribution is 6.08. The second-order valence-corrected chi connectivity index (χ2v) is 5.10. The third-order valence-electron chi connectivity index (χ3n) is 3.60. The molecule has 1 aromatic heterocycles. The lowest BCUT2D eigenvalue weighted by Crippen LogP contribution is -1.98. The monoisotopic (exact) mass is 294 g/mol. The predicted molar refractivity (Wildman–Crippen MR) is 84.7 cm³/mol. The van der Waals surface area contributed by atoms with Crippen molar-refractivity contribution in [3.63, 3.8) is 0 Å². The molecule has 0 atom stereocenters. The van der Waals surface area contributed by atoms with Gasteiger partial charge >= 0.3 is 5.97 Å². The summed E-state index contributed by atoms with van der Waals surface area (Å²) in [6, 6.07) is 11.9. The topological polar surface area (TPSA) is 85.3 Å². The number of nitrogens with zero attached hydrogens (tertiary/aromatic N) is 1. The fourth-order valence-corrected chi connectivity index (χ4v) is 2.51. The Balaban J connectivity index is 2.22. The molecule has 3 N–H and O–H groups in total. The number of Topliss-reactive ketones (excluding diaryl/α,β-unsaturated/α-hetero) is 1. The van der Waals surface area contributed by atoms with Gasteiger partial charge in [-0.2, -0.15) is 0 Å². The van der Waals surface area contributed by atoms with E-state index in [1.807, 2.05) is 10.6 Å². The number of aromatic carboxylic acids is 1. The lowest BCUT2D eigenvalue weighted by atomic mass is 10.1. The second kappa shape index (κ2) is 5.04. The van der Waals surface area contributed by atoms with Crippen molar-refractivity contribution in [1.82, 2.24) is 4.57 Å². The number of aromatic nitrogens is 1. The van der Waals surface area contributed by atoms with E-state index in [0.29, 0.717) is 11.3 Å². The number of hydrogen-bond acceptors (Lipinski definition) is 3. The maximum atomic E-state index is 11.8. The van der Waals surface area contributed by atoms with Crippen molar-refractivity contribution < 1.29 is 14.7 Å². The lowest BCUT2D eigenvalue weighted by Gasteiger charge is -2.06. The summed E-state index contributed by atoms with van der Waals surface area (Å²) < 4.78 is 1.86. The second-order valence-electron chi connectivity index (χ2n) is 5.10. The molecule has 22 heavy (non-hydrogen) atoms. The van der Waals surface area contributed by atoms with Crippen molar-refractivity contribution in [3.05, 3.63) is 59.8 Å². The van der Waals surface area contributed by atoms with Crippen LogP contribution in [0.4, 0.5) is 5.69 Å². The summed E-state index contributed by atoms with van der Waals surface area (Å²) in [5, 5.41) is 9.75. The minimum atomic E-state index is -0.971. The fourth-order valence-electron chi connectivity index (χ4n) is 2.51. The molecule has 0 aliphatic carbocycles. The van der Waals surface area contributed by atoms with Gasteiger partial charge in [0, 0.05) is 28.5 Å². The molecule has 2 aromatic carbocycles. The standard InChI is InChI=1S/C17H14N2O3/c1-10(20)15-9-19(16-7-4-12(18)8-14(15)16)13-5-2-11(3-6-13)17(21)22/h2-9H,18H2,1H3,(H,21,22). The third-order valence-corrected chi connectivity index (χ3v) is 3.60. The van der Waals surface area contributed by atoms with Crippen LogP contribution in [-0.2, 0) is 0 Å². The van der Waals surface area contributed by atoms with Crippen molar-refractivity contribution in [2.75, 3.05) is 5.73 Å². The van der Waals surface area contributed by atoms with E-state index >= 15 is 0 Å². The van der Waals surface area contributed by atoms with E-state index in [0.717, 1.165) is 16.6 Å². The van der Waals surface area contributed by atoms with Gasteiger partial charge < -0.3 is 15.4 Å². The van der Waals surface area contributed by atoms with Crippen molar-refractivity contribution >= 4 is 28.3 Å². The number of rotatable bonds is 3. The molecule has 0 radical (unpaired) electrons. The molecule has 0 unspecified atom stereocenters. The van der Waals surface area contributed by atoms with Gasteiger partial charge in [0.1, 0.15) is 0 Å². The van der Waals surface area contributed by atoms with Crippen molar-refractivity contribution in [1.29, 1.82) is 0 Å². The molecule has 0 aliphatic rings. The van der Waals surface area contributed by atoms with E-state index in [4.69, 9.17) is 10.8 Å². The SMILES string of the molecule is CC(=O)c1cn(-c2ccc(C(=O)O)cc2)c2ccc(N)cc12. The van der Waals surface area contributed by atoms with Crippen LogP contribution >= 0.6 is 0 Å². The van der Waals surface area contributed by atoms with Crippen LogP contribution in [0.15, 0.2) is 48.7 Å². The Kier molecular flexibility index (Phi) is 3.18. The van der Waals surface area contributed by atoms with E-state index in [1.54, 1.807) is 30.5 Å². The molecule has 0 aliphatic heterocycles. The summed E-state index contributed by atoms with van der Waals surface area (Å²) in [5.74, 6) is -1.02. The van der Waals surface area contributed by atoms with E-state index < -0.39 is 5.97 Å². The van der Waals surface area contributed by atoms with Gasteiger partial charge in [-0.3, -0.25) is 4.79 Å². The summed E-state index contributed by atoms with van der Waals surface area (Å²) >= 11 is 0. The number of fused-ring (bicyclic) bond motifs is 1. The minimum absolute atomic E-state index is 0.0449. The van der Waals surface area contributed by atoms with Crippen LogP contribution in [0.25, 0.3) is 16.6 Å². The quantitative estimate of drug-likeness (QED) is 0.574. The lowest BCUT2D eigenvalue weighted by molar-refractivity contribution is 0.0696. The molecule has 0 saturated heterocycles. The molecule has 0 bridgehead atoms. The highest BCUT2D eigenvalue weighted by Gasteiger charge is 2.13. The highest BCUT2D eigenvalue weighted by atomic mass is 16.4. The first-order valence-corrected chi connectivity index (χ1v) is 6.72. The molecule has 5 nitrogen and oxygen atoms in total. The van der Waals surface area contributed by atoms with Crippen LogP contribution in [0.5, 0.6) is 0 Å². The Bertz CT molecular complexity index is 892. The zero-order valence-corrected chi connectivity index (χ0v) is 11.9. The maximum absolute atomic E-state index is 11.8. The number of benzene rings is 2. The zero-order valence-electron chi connectivity index (χ0n) is 11.9. The summed E-state index contributed by atoms with van der Waals surface area (Å²) in [5.41, 5.74) is 8.84. The van der Waals surface area contributed by atoms with Crippen molar-refractivity contribution in [2.24, 2.45) is 0 Å². The van der Waals surface area contributed by atoms with E-state index in [2.05, 4.69) is 0 Å². The van der Waals surface area contributed by atoms with Crippen LogP contribution < -0.4 is 5.73 Å². The number of ketones is 1. The number of nitrogens with two attached hydrogens (primary N) is 1. The van der Waals surface area contributed by atoms with Crippen molar-refractivity contribution in [2.45, 2.75) is 6.92 Å². The number of carbonyl (C=O) groups is 2. The normalized spacial score (nSPS) is 10.8. The molecule has 0 spiro atoms. The molecule has 3 aromatic rings. The summed E-state index contributed by atoms with van der Waals surface area (Å²) in [6.07, 6.45) is 1.75. The van der Waals surface area contributed by atoms with Gasteiger partial charge in [-0.15, -0.1) is 0 Å². The maximum Gasteiger partial charge on any atom is 0.335 e. The molecule has 110 valence electrons. The van der Waals surface area contributed by atoms with Crippen LogP contribution in [0, 0.1) is 0 Å². The molecule has 3 rings (SSSR count). The van der Waals surface area contributed by atoms with Gasteiger partial charge in [-0.25, -0.2) is 4.79 Å². The van der Waals surface area contributed by atoms with Crippen LogP contribution in [-0.4, -0.2) is 21.4 Å².